The molecule has 1 amide bonds. The number of aryl methyl sites for hydroxylation is 1. The number of ether oxygens (including phenoxy) is 1. The number of halogens is 1. The van der Waals surface area contributed by atoms with Gasteiger partial charge in [-0.2, -0.15) is 0 Å². The molecule has 1 atom stereocenters. The van der Waals surface area contributed by atoms with Crippen LogP contribution in [0.15, 0.2) is 42.5 Å². The molecule has 4 rings (SSSR count). The number of carbonyl (C=O) groups excluding carboxylic acids is 1. The summed E-state index contributed by atoms with van der Waals surface area (Å²) in [6, 6.07) is 14.2. The Bertz CT molecular complexity index is 1360. The van der Waals surface area contributed by atoms with Crippen molar-refractivity contribution in [2.45, 2.75) is 25.7 Å². The van der Waals surface area contributed by atoms with Crippen molar-refractivity contribution in [1.82, 2.24) is 20.6 Å². The van der Waals surface area contributed by atoms with E-state index in [9.17, 15) is 14.7 Å². The van der Waals surface area contributed by atoms with Crippen molar-refractivity contribution >= 4 is 41.1 Å². The molecule has 0 fully saturated rings. The monoisotopic (exact) mass is 537 g/mol. The van der Waals surface area contributed by atoms with Gasteiger partial charge in [0.25, 0.3) is 5.91 Å². The third-order valence-corrected chi connectivity index (χ3v) is 6.44. The molecule has 3 aromatic rings. The Kier molecular flexibility index (Phi) is 8.27. The molecule has 0 radical (unpaired) electrons. The number of rotatable bonds is 8. The van der Waals surface area contributed by atoms with Crippen LogP contribution < -0.4 is 26.8 Å². The first-order valence-electron chi connectivity index (χ1n) is 12.0. The van der Waals surface area contributed by atoms with Crippen molar-refractivity contribution in [3.8, 4) is 16.9 Å². The number of fused-ring (bicyclic) bond motifs is 1. The number of guanidine groups is 1. The maximum atomic E-state index is 12.2. The maximum Gasteiger partial charge on any atom is 0.310 e. The smallest absolute Gasteiger partial charge is 0.310 e. The number of anilines is 2. The zero-order chi connectivity index (χ0) is 27.2. The van der Waals surface area contributed by atoms with E-state index in [0.29, 0.717) is 13.0 Å². The Morgan fingerprint density at radius 3 is 2.55 bits per heavy atom. The Morgan fingerprint density at radius 1 is 1.08 bits per heavy atom. The van der Waals surface area contributed by atoms with Crippen LogP contribution in [0, 0.1) is 11.3 Å². The number of hydrogen-bond donors (Lipinski definition) is 6. The second kappa shape index (κ2) is 11.8. The average Bonchev–Trinajstić information content (AvgIpc) is 2.90. The third-order valence-electron chi connectivity index (χ3n) is 6.16. The first kappa shape index (κ1) is 26.7. The molecule has 0 spiro atoms. The van der Waals surface area contributed by atoms with Gasteiger partial charge in [0.1, 0.15) is 12.4 Å². The van der Waals surface area contributed by atoms with Crippen molar-refractivity contribution < 1.29 is 19.4 Å². The summed E-state index contributed by atoms with van der Waals surface area (Å²) in [5, 5.41) is 22.2. The number of carbonyl (C=O) groups is 2. The van der Waals surface area contributed by atoms with Gasteiger partial charge in [0.15, 0.2) is 28.4 Å². The lowest BCUT2D eigenvalue weighted by molar-refractivity contribution is -0.143. The summed E-state index contributed by atoms with van der Waals surface area (Å²) in [5.41, 5.74) is 15.1. The predicted molar refractivity (Wildman–Crippen MR) is 144 cm³/mol. The van der Waals surface area contributed by atoms with E-state index in [0.717, 1.165) is 41.7 Å². The molecule has 11 nitrogen and oxygen atoms in total. The summed E-state index contributed by atoms with van der Waals surface area (Å²) < 4.78 is 5.69. The summed E-state index contributed by atoms with van der Waals surface area (Å²) in [5.74, 6) is -1.73. The van der Waals surface area contributed by atoms with Gasteiger partial charge in [-0.1, -0.05) is 48.0 Å². The number of nitrogens with zero attached hydrogens (tertiary/aromatic N) is 2. The summed E-state index contributed by atoms with van der Waals surface area (Å²) >= 11 is 5.79. The SMILES string of the molecule is N=C(NCCCCc1ccc(-c2ccc3c(c2)OCC(C(=O)O)C3)cc1)NC(=O)c1nc(Cl)c(N)nc1N. The van der Waals surface area contributed by atoms with Crippen LogP contribution >= 0.6 is 11.6 Å². The number of nitrogens with two attached hydrogens (primary N) is 2. The lowest BCUT2D eigenvalue weighted by atomic mass is 9.94. The fourth-order valence-electron chi connectivity index (χ4n) is 4.07. The van der Waals surface area contributed by atoms with Crippen LogP contribution in [0.2, 0.25) is 5.15 Å². The van der Waals surface area contributed by atoms with Gasteiger partial charge in [-0.05, 0) is 54.0 Å². The molecule has 2 aromatic carbocycles. The Labute approximate surface area is 224 Å². The van der Waals surface area contributed by atoms with E-state index < -0.39 is 17.8 Å². The normalized spacial score (nSPS) is 14.2. The molecule has 198 valence electrons. The minimum atomic E-state index is -0.836. The number of carboxylic acids is 1. The second-order valence-electron chi connectivity index (χ2n) is 8.92. The molecule has 0 saturated heterocycles. The Hall–Kier alpha value is -4.38. The predicted octanol–water partition coefficient (Wildman–Crippen LogP) is 2.87. The number of hydrogen-bond acceptors (Lipinski definition) is 8. The minimum Gasteiger partial charge on any atom is -0.492 e. The van der Waals surface area contributed by atoms with E-state index in [-0.39, 0.29) is 35.0 Å². The van der Waals surface area contributed by atoms with Crippen LogP contribution in [0.25, 0.3) is 11.1 Å². The zero-order valence-corrected chi connectivity index (χ0v) is 21.2. The van der Waals surface area contributed by atoms with Gasteiger partial charge in [-0.15, -0.1) is 0 Å². The van der Waals surface area contributed by atoms with Crippen LogP contribution in [-0.2, 0) is 17.6 Å². The van der Waals surface area contributed by atoms with Crippen LogP contribution in [0.3, 0.4) is 0 Å². The molecular weight excluding hydrogens is 510 g/mol. The van der Waals surface area contributed by atoms with E-state index in [2.05, 4.69) is 44.9 Å². The number of unbranched alkanes of at least 4 members (excludes halogenated alkanes) is 1. The molecule has 1 aliphatic rings. The van der Waals surface area contributed by atoms with Gasteiger partial charge >= 0.3 is 5.97 Å². The maximum absolute atomic E-state index is 12.2. The summed E-state index contributed by atoms with van der Waals surface area (Å²) in [6.07, 6.45) is 3.01. The van der Waals surface area contributed by atoms with Crippen molar-refractivity contribution in [1.29, 1.82) is 5.41 Å². The molecule has 0 saturated carbocycles. The highest BCUT2D eigenvalue weighted by atomic mass is 35.5. The topological polar surface area (TPSA) is 189 Å². The average molecular weight is 538 g/mol. The molecule has 0 bridgehead atoms. The van der Waals surface area contributed by atoms with E-state index in [1.54, 1.807) is 0 Å². The van der Waals surface area contributed by atoms with Gasteiger partial charge in [0.2, 0.25) is 0 Å². The highest BCUT2D eigenvalue weighted by Gasteiger charge is 2.25. The number of benzene rings is 2. The first-order chi connectivity index (χ1) is 18.2. The Morgan fingerprint density at radius 2 is 1.82 bits per heavy atom. The van der Waals surface area contributed by atoms with Crippen molar-refractivity contribution in [2.24, 2.45) is 5.92 Å². The number of aromatic nitrogens is 2. The number of aliphatic carboxylic acids is 1. The lowest BCUT2D eigenvalue weighted by Gasteiger charge is -2.23. The van der Waals surface area contributed by atoms with Crippen molar-refractivity contribution in [3.63, 3.8) is 0 Å². The van der Waals surface area contributed by atoms with Gasteiger partial charge in [0, 0.05) is 6.54 Å². The molecule has 8 N–H and O–H groups in total. The van der Waals surface area contributed by atoms with E-state index >= 15 is 0 Å². The zero-order valence-electron chi connectivity index (χ0n) is 20.5. The summed E-state index contributed by atoms with van der Waals surface area (Å²) in [6.45, 7) is 0.685. The highest BCUT2D eigenvalue weighted by Crippen LogP contribution is 2.32. The van der Waals surface area contributed by atoms with Crippen molar-refractivity contribution in [2.75, 3.05) is 24.6 Å². The van der Waals surface area contributed by atoms with Gasteiger partial charge in [0.05, 0.1) is 5.92 Å². The highest BCUT2D eigenvalue weighted by molar-refractivity contribution is 6.31. The molecule has 2 heterocycles. The molecule has 1 unspecified atom stereocenters. The van der Waals surface area contributed by atoms with Gasteiger partial charge in [-0.3, -0.25) is 20.3 Å². The molecule has 1 aromatic heterocycles. The van der Waals surface area contributed by atoms with E-state index in [1.165, 1.54) is 5.56 Å². The summed E-state index contributed by atoms with van der Waals surface area (Å²) in [7, 11) is 0. The van der Waals surface area contributed by atoms with Gasteiger partial charge < -0.3 is 26.6 Å². The quantitative estimate of drug-likeness (QED) is 0.142. The lowest BCUT2D eigenvalue weighted by Crippen LogP contribution is -2.41. The fourth-order valence-corrected chi connectivity index (χ4v) is 4.19. The van der Waals surface area contributed by atoms with Crippen LogP contribution in [0.5, 0.6) is 5.75 Å². The molecular formula is C26H28ClN7O4. The number of nitrogens with one attached hydrogen (secondary N) is 3. The minimum absolute atomic E-state index is 0.0750. The molecule has 38 heavy (non-hydrogen) atoms. The van der Waals surface area contributed by atoms with Crippen LogP contribution in [0.1, 0.15) is 34.5 Å². The van der Waals surface area contributed by atoms with Crippen LogP contribution in [-0.4, -0.2) is 46.1 Å². The van der Waals surface area contributed by atoms with E-state index in [1.807, 2.05) is 18.2 Å². The Balaban J connectivity index is 1.20. The number of amides is 1. The second-order valence-corrected chi connectivity index (χ2v) is 9.27. The van der Waals surface area contributed by atoms with Crippen molar-refractivity contribution in [3.05, 3.63) is 64.4 Å². The third kappa shape index (κ3) is 6.48. The molecule has 0 aliphatic carbocycles. The van der Waals surface area contributed by atoms with Crippen LogP contribution in [0.4, 0.5) is 11.6 Å². The number of nitrogen functional groups attached to an aromatic ring is 2. The molecule has 1 aliphatic heterocycles. The largest absolute Gasteiger partial charge is 0.492 e. The fraction of sp³-hybridized carbons (Fsp3) is 0.269. The van der Waals surface area contributed by atoms with E-state index in [4.69, 9.17) is 33.2 Å². The standard InChI is InChI=1S/C26H28ClN7O4/c27-21-23(29)33-22(28)20(32-21)24(35)34-26(30)31-10-2-1-3-14-4-6-15(7-5-14)16-8-9-17-11-18(25(36)37)13-38-19(17)12-16/h4-9,12,18H,1-3,10-11,13H2,(H,36,37)(H4,28,29,33)(H3,30,31,34,35). The first-order valence-corrected chi connectivity index (χ1v) is 12.4. The molecule has 12 heteroatoms. The van der Waals surface area contributed by atoms with Gasteiger partial charge in [-0.25, -0.2) is 9.97 Å². The summed E-state index contributed by atoms with van der Waals surface area (Å²) in [4.78, 5) is 31.0. The number of carboxylic acid groups (broad SMARTS) is 1.